The molecule has 2 heterocycles. The first-order valence-corrected chi connectivity index (χ1v) is 9.47. The first kappa shape index (κ1) is 14.5. The highest BCUT2D eigenvalue weighted by Gasteiger charge is 2.35. The van der Waals surface area contributed by atoms with Crippen LogP contribution < -0.4 is 5.32 Å². The van der Waals surface area contributed by atoms with Gasteiger partial charge in [0.2, 0.25) is 0 Å². The average molecular weight is 309 g/mol. The summed E-state index contributed by atoms with van der Waals surface area (Å²) in [6.07, 6.45) is 7.01. The Labute approximate surface area is 130 Å². The Hall–Kier alpha value is -0.480. The van der Waals surface area contributed by atoms with Crippen molar-refractivity contribution < 1.29 is 0 Å². The van der Waals surface area contributed by atoms with Crippen LogP contribution in [0.25, 0.3) is 0 Å². The molecule has 110 valence electrons. The molecule has 3 rings (SSSR count). The topological polar surface area (TPSA) is 24.4 Å². The lowest BCUT2D eigenvalue weighted by Crippen LogP contribution is -2.37. The highest BCUT2D eigenvalue weighted by molar-refractivity contribution is 8.13. The monoisotopic (exact) mass is 308 g/mol. The van der Waals surface area contributed by atoms with Crippen molar-refractivity contribution in [2.24, 2.45) is 10.4 Å². The summed E-state index contributed by atoms with van der Waals surface area (Å²) < 4.78 is 0. The third-order valence-corrected chi connectivity index (χ3v) is 6.98. The fraction of sp³-hybridized carbons (Fsp3) is 0.688. The summed E-state index contributed by atoms with van der Waals surface area (Å²) in [5, 5.41) is 4.75. The van der Waals surface area contributed by atoms with Crippen molar-refractivity contribution in [1.82, 2.24) is 5.32 Å². The zero-order valence-corrected chi connectivity index (χ0v) is 14.1. The van der Waals surface area contributed by atoms with Gasteiger partial charge in [-0.05, 0) is 44.2 Å². The number of aryl methyl sites for hydroxylation is 1. The van der Waals surface area contributed by atoms with Gasteiger partial charge in [0, 0.05) is 22.1 Å². The van der Waals surface area contributed by atoms with E-state index < -0.39 is 0 Å². The lowest BCUT2D eigenvalue weighted by atomic mass is 9.75. The maximum absolute atomic E-state index is 4.85. The van der Waals surface area contributed by atoms with Crippen molar-refractivity contribution in [2.75, 3.05) is 12.3 Å². The fourth-order valence-electron chi connectivity index (χ4n) is 3.19. The van der Waals surface area contributed by atoms with Crippen molar-refractivity contribution in [3.63, 3.8) is 0 Å². The Morgan fingerprint density at radius 2 is 2.05 bits per heavy atom. The van der Waals surface area contributed by atoms with Gasteiger partial charge in [0.25, 0.3) is 0 Å². The molecule has 0 aromatic carbocycles. The standard InChI is InChI=1S/C16H24N2S2/c1-12-6-7-14(20-12)13(2)18-15-17-10-16(11-19-15)8-4-3-5-9-16/h6-7,13H,3-5,8-11H2,1-2H3,(H,17,18). The molecule has 20 heavy (non-hydrogen) atoms. The van der Waals surface area contributed by atoms with Crippen LogP contribution in [0.2, 0.25) is 0 Å². The first-order valence-electron chi connectivity index (χ1n) is 7.67. The van der Waals surface area contributed by atoms with Gasteiger partial charge in [-0.2, -0.15) is 0 Å². The maximum Gasteiger partial charge on any atom is 0.157 e. The second kappa shape index (κ2) is 6.10. The minimum atomic E-state index is 0.375. The summed E-state index contributed by atoms with van der Waals surface area (Å²) in [5.74, 6) is 1.26. The van der Waals surface area contributed by atoms with E-state index >= 15 is 0 Å². The molecule has 1 aliphatic carbocycles. The molecule has 2 nitrogen and oxygen atoms in total. The molecule has 1 fully saturated rings. The van der Waals surface area contributed by atoms with Crippen molar-refractivity contribution in [3.8, 4) is 0 Å². The molecule has 1 aromatic rings. The SMILES string of the molecule is Cc1ccc(C(C)NC2=NCC3(CCCCC3)CS2)s1. The molecular formula is C16H24N2S2. The summed E-state index contributed by atoms with van der Waals surface area (Å²) in [7, 11) is 0. The molecule has 1 unspecified atom stereocenters. The van der Waals surface area contributed by atoms with Gasteiger partial charge in [0.15, 0.2) is 5.17 Å². The number of hydrogen-bond donors (Lipinski definition) is 1. The second-order valence-corrected chi connectivity index (χ2v) is 8.57. The smallest absolute Gasteiger partial charge is 0.157 e. The van der Waals surface area contributed by atoms with Crippen LogP contribution in [-0.4, -0.2) is 17.5 Å². The van der Waals surface area contributed by atoms with Crippen LogP contribution in [0.5, 0.6) is 0 Å². The second-order valence-electron chi connectivity index (χ2n) is 6.29. The van der Waals surface area contributed by atoms with Crippen LogP contribution in [0, 0.1) is 12.3 Å². The number of rotatable bonds is 2. The minimum absolute atomic E-state index is 0.375. The van der Waals surface area contributed by atoms with Gasteiger partial charge in [-0.25, -0.2) is 0 Å². The van der Waals surface area contributed by atoms with Gasteiger partial charge in [0.1, 0.15) is 0 Å². The van der Waals surface area contributed by atoms with Crippen LogP contribution in [0.15, 0.2) is 17.1 Å². The van der Waals surface area contributed by atoms with Crippen LogP contribution >= 0.6 is 23.1 Å². The van der Waals surface area contributed by atoms with Gasteiger partial charge in [0.05, 0.1) is 6.04 Å². The normalized spacial score (nSPS) is 23.4. The van der Waals surface area contributed by atoms with E-state index in [4.69, 9.17) is 4.99 Å². The molecule has 1 aliphatic heterocycles. The molecule has 0 bridgehead atoms. The predicted octanol–water partition coefficient (Wildman–Crippen LogP) is 4.76. The molecular weight excluding hydrogens is 284 g/mol. The maximum atomic E-state index is 4.85. The van der Waals surface area contributed by atoms with Crippen LogP contribution in [0.4, 0.5) is 0 Å². The molecule has 0 saturated heterocycles. The summed E-state index contributed by atoms with van der Waals surface area (Å²) in [5.41, 5.74) is 0.525. The zero-order valence-electron chi connectivity index (χ0n) is 12.4. The Balaban J connectivity index is 1.59. The number of hydrogen-bond acceptors (Lipinski definition) is 4. The molecule has 1 saturated carbocycles. The van der Waals surface area contributed by atoms with E-state index in [-0.39, 0.29) is 0 Å². The Bertz CT molecular complexity index is 486. The molecule has 1 atom stereocenters. The first-order chi connectivity index (χ1) is 9.67. The molecule has 2 aliphatic rings. The van der Waals surface area contributed by atoms with Gasteiger partial charge in [-0.15, -0.1) is 11.3 Å². The molecule has 0 radical (unpaired) electrons. The highest BCUT2D eigenvalue weighted by Crippen LogP contribution is 2.41. The van der Waals surface area contributed by atoms with E-state index in [0.29, 0.717) is 11.5 Å². The molecule has 1 aromatic heterocycles. The fourth-order valence-corrected chi connectivity index (χ4v) is 5.30. The zero-order chi connectivity index (χ0) is 14.0. The van der Waals surface area contributed by atoms with Gasteiger partial charge in [-0.3, -0.25) is 4.99 Å². The Kier molecular flexibility index (Phi) is 4.41. The van der Waals surface area contributed by atoms with Crippen LogP contribution in [-0.2, 0) is 0 Å². The molecule has 1 N–H and O–H groups in total. The van der Waals surface area contributed by atoms with E-state index in [9.17, 15) is 0 Å². The number of amidine groups is 1. The number of thioether (sulfide) groups is 1. The predicted molar refractivity (Wildman–Crippen MR) is 90.9 cm³/mol. The highest BCUT2D eigenvalue weighted by atomic mass is 32.2. The van der Waals surface area contributed by atoms with E-state index in [2.05, 4.69) is 31.3 Å². The van der Waals surface area contributed by atoms with E-state index in [1.807, 2.05) is 23.1 Å². The molecule has 0 amide bonds. The van der Waals surface area contributed by atoms with Crippen LogP contribution in [0.1, 0.15) is 54.8 Å². The van der Waals surface area contributed by atoms with Crippen molar-refractivity contribution in [1.29, 1.82) is 0 Å². The number of aliphatic imine (C=N–C) groups is 1. The summed E-state index contributed by atoms with van der Waals surface area (Å²) in [6.45, 7) is 5.44. The summed E-state index contributed by atoms with van der Waals surface area (Å²) in [4.78, 5) is 7.64. The van der Waals surface area contributed by atoms with Crippen molar-refractivity contribution >= 4 is 28.3 Å². The Morgan fingerprint density at radius 3 is 2.65 bits per heavy atom. The van der Waals surface area contributed by atoms with Gasteiger partial charge < -0.3 is 5.32 Å². The lowest BCUT2D eigenvalue weighted by Gasteiger charge is -2.38. The van der Waals surface area contributed by atoms with E-state index in [1.54, 1.807) is 0 Å². The minimum Gasteiger partial charge on any atom is -0.358 e. The largest absolute Gasteiger partial charge is 0.358 e. The third kappa shape index (κ3) is 3.22. The van der Waals surface area contributed by atoms with E-state index in [1.165, 1.54) is 47.6 Å². The summed E-state index contributed by atoms with van der Waals surface area (Å²) in [6, 6.07) is 4.81. The number of nitrogens with zero attached hydrogens (tertiary/aromatic N) is 1. The molecule has 1 spiro atoms. The lowest BCUT2D eigenvalue weighted by molar-refractivity contribution is 0.232. The van der Waals surface area contributed by atoms with E-state index in [0.717, 1.165) is 11.7 Å². The molecule has 4 heteroatoms. The quantitative estimate of drug-likeness (QED) is 0.852. The average Bonchev–Trinajstić information content (AvgIpc) is 2.89. The third-order valence-electron chi connectivity index (χ3n) is 4.52. The van der Waals surface area contributed by atoms with Crippen molar-refractivity contribution in [2.45, 2.75) is 52.0 Å². The van der Waals surface area contributed by atoms with Gasteiger partial charge >= 0.3 is 0 Å². The van der Waals surface area contributed by atoms with Gasteiger partial charge in [-0.1, -0.05) is 31.0 Å². The van der Waals surface area contributed by atoms with Crippen molar-refractivity contribution in [3.05, 3.63) is 21.9 Å². The summed E-state index contributed by atoms with van der Waals surface area (Å²) >= 11 is 3.82. The Morgan fingerprint density at radius 1 is 1.25 bits per heavy atom. The number of nitrogens with one attached hydrogen (secondary N) is 1. The number of thiophene rings is 1. The van der Waals surface area contributed by atoms with Crippen LogP contribution in [0.3, 0.4) is 0 Å².